The number of hydrogen-bond acceptors (Lipinski definition) is 4. The van der Waals surface area contributed by atoms with Crippen LogP contribution in [0.3, 0.4) is 0 Å². The summed E-state index contributed by atoms with van der Waals surface area (Å²) in [6.07, 6.45) is 4.67. The van der Waals surface area contributed by atoms with Crippen LogP contribution < -0.4 is 9.62 Å². The van der Waals surface area contributed by atoms with Crippen LogP contribution >= 0.6 is 15.9 Å². The normalized spacial score (nSPS) is 15.0. The minimum absolute atomic E-state index is 0.0456. The number of sulfonamides is 1. The maximum atomic E-state index is 13.8. The van der Waals surface area contributed by atoms with E-state index in [4.69, 9.17) is 0 Å². The van der Waals surface area contributed by atoms with Gasteiger partial charge in [-0.25, -0.2) is 17.2 Å². The van der Waals surface area contributed by atoms with Crippen LogP contribution in [0, 0.1) is 11.6 Å². The molecule has 1 N–H and O–H groups in total. The Hall–Kier alpha value is -2.53. The van der Waals surface area contributed by atoms with Crippen LogP contribution in [0.1, 0.15) is 38.2 Å². The molecule has 0 aliphatic heterocycles. The standard InChI is InChI=1S/C24H28BrF2N3O4S/c1-16(24(32)28-19-5-3-4-6-19)29(14-17-7-9-18(25)10-8-17)23(31)15-30(35(2,33)34)20-11-12-21(26)22(27)13-20/h7-13,16,19H,3-6,14-15H2,1-2H3,(H,28,32). The zero-order valence-electron chi connectivity index (χ0n) is 19.5. The van der Waals surface area contributed by atoms with Crippen LogP contribution in [0.2, 0.25) is 0 Å². The Labute approximate surface area is 212 Å². The van der Waals surface area contributed by atoms with Gasteiger partial charge in [0.1, 0.15) is 12.6 Å². The van der Waals surface area contributed by atoms with E-state index in [2.05, 4.69) is 21.2 Å². The number of carbonyl (C=O) groups excluding carboxylic acids is 2. The molecule has 3 rings (SSSR count). The Balaban J connectivity index is 1.88. The molecule has 1 aliphatic rings. The predicted octanol–water partition coefficient (Wildman–Crippen LogP) is 3.97. The number of nitrogens with zero attached hydrogens (tertiary/aromatic N) is 2. The van der Waals surface area contributed by atoms with Gasteiger partial charge in [0.25, 0.3) is 0 Å². The van der Waals surface area contributed by atoms with E-state index in [1.54, 1.807) is 31.2 Å². The molecule has 11 heteroatoms. The molecule has 2 aromatic rings. The molecule has 2 amide bonds. The highest BCUT2D eigenvalue weighted by Gasteiger charge is 2.31. The van der Waals surface area contributed by atoms with Crippen LogP contribution in [0.25, 0.3) is 0 Å². The van der Waals surface area contributed by atoms with Gasteiger partial charge in [-0.2, -0.15) is 0 Å². The summed E-state index contributed by atoms with van der Waals surface area (Å²) in [5.41, 5.74) is 0.548. The second kappa shape index (κ2) is 11.5. The molecule has 190 valence electrons. The first-order chi connectivity index (χ1) is 16.5. The van der Waals surface area contributed by atoms with E-state index >= 15 is 0 Å². The van der Waals surface area contributed by atoms with Gasteiger partial charge in [0, 0.05) is 23.1 Å². The van der Waals surface area contributed by atoms with Gasteiger partial charge < -0.3 is 10.2 Å². The number of halogens is 3. The van der Waals surface area contributed by atoms with E-state index < -0.39 is 40.2 Å². The first-order valence-electron chi connectivity index (χ1n) is 11.2. The molecule has 0 aromatic heterocycles. The average molecular weight is 572 g/mol. The van der Waals surface area contributed by atoms with Crippen molar-refractivity contribution in [2.45, 2.75) is 51.2 Å². The molecular formula is C24H28BrF2N3O4S. The summed E-state index contributed by atoms with van der Waals surface area (Å²) in [6, 6.07) is 8.93. The Morgan fingerprint density at radius 3 is 2.29 bits per heavy atom. The number of hydrogen-bond donors (Lipinski definition) is 1. The molecule has 0 spiro atoms. The average Bonchev–Trinajstić information content (AvgIpc) is 3.30. The second-order valence-electron chi connectivity index (χ2n) is 8.68. The summed E-state index contributed by atoms with van der Waals surface area (Å²) < 4.78 is 53.7. The summed E-state index contributed by atoms with van der Waals surface area (Å²) in [4.78, 5) is 27.7. The Morgan fingerprint density at radius 2 is 1.71 bits per heavy atom. The lowest BCUT2D eigenvalue weighted by Crippen LogP contribution is -2.52. The van der Waals surface area contributed by atoms with E-state index in [0.29, 0.717) is 4.31 Å². The molecule has 35 heavy (non-hydrogen) atoms. The molecular weight excluding hydrogens is 544 g/mol. The minimum Gasteiger partial charge on any atom is -0.352 e. The topological polar surface area (TPSA) is 86.8 Å². The fourth-order valence-corrected chi connectivity index (χ4v) is 5.12. The third kappa shape index (κ3) is 7.23. The zero-order valence-corrected chi connectivity index (χ0v) is 21.9. The maximum Gasteiger partial charge on any atom is 0.244 e. The molecule has 0 radical (unpaired) electrons. The lowest BCUT2D eigenvalue weighted by molar-refractivity contribution is -0.139. The number of carbonyl (C=O) groups is 2. The van der Waals surface area contributed by atoms with Crippen LogP contribution in [0.5, 0.6) is 0 Å². The van der Waals surface area contributed by atoms with Crippen molar-refractivity contribution in [3.05, 3.63) is 64.1 Å². The second-order valence-corrected chi connectivity index (χ2v) is 11.5. The molecule has 0 heterocycles. The molecule has 2 aromatic carbocycles. The van der Waals surface area contributed by atoms with Crippen molar-refractivity contribution in [3.63, 3.8) is 0 Å². The molecule has 0 bridgehead atoms. The van der Waals surface area contributed by atoms with E-state index in [1.807, 2.05) is 0 Å². The Morgan fingerprint density at radius 1 is 1.09 bits per heavy atom. The smallest absolute Gasteiger partial charge is 0.244 e. The third-order valence-corrected chi connectivity index (χ3v) is 7.67. The molecule has 0 saturated heterocycles. The zero-order chi connectivity index (χ0) is 25.8. The van der Waals surface area contributed by atoms with Crippen LogP contribution in [0.4, 0.5) is 14.5 Å². The Kier molecular flexibility index (Phi) is 8.87. The van der Waals surface area contributed by atoms with Crippen molar-refractivity contribution in [1.29, 1.82) is 0 Å². The molecule has 1 atom stereocenters. The van der Waals surface area contributed by atoms with Crippen molar-refractivity contribution in [2.75, 3.05) is 17.1 Å². The highest BCUT2D eigenvalue weighted by molar-refractivity contribution is 9.10. The number of anilines is 1. The van der Waals surface area contributed by atoms with Crippen LogP contribution in [-0.4, -0.2) is 50.0 Å². The van der Waals surface area contributed by atoms with Gasteiger partial charge in [0.05, 0.1) is 11.9 Å². The largest absolute Gasteiger partial charge is 0.352 e. The molecule has 1 aliphatic carbocycles. The molecule has 1 saturated carbocycles. The van der Waals surface area contributed by atoms with Gasteiger partial charge in [0.2, 0.25) is 21.8 Å². The number of nitrogens with one attached hydrogen (secondary N) is 1. The van der Waals surface area contributed by atoms with Gasteiger partial charge in [0.15, 0.2) is 11.6 Å². The van der Waals surface area contributed by atoms with E-state index in [-0.39, 0.29) is 24.2 Å². The fraction of sp³-hybridized carbons (Fsp3) is 0.417. The van der Waals surface area contributed by atoms with Crippen molar-refractivity contribution < 1.29 is 26.8 Å². The van der Waals surface area contributed by atoms with E-state index in [9.17, 15) is 26.8 Å². The highest BCUT2D eigenvalue weighted by Crippen LogP contribution is 2.22. The quantitative estimate of drug-likeness (QED) is 0.493. The summed E-state index contributed by atoms with van der Waals surface area (Å²) in [6.45, 7) is 0.964. The Bertz CT molecular complexity index is 1170. The van der Waals surface area contributed by atoms with Gasteiger partial charge in [-0.05, 0) is 49.6 Å². The van der Waals surface area contributed by atoms with Gasteiger partial charge in [-0.1, -0.05) is 40.9 Å². The summed E-state index contributed by atoms with van der Waals surface area (Å²) in [7, 11) is -4.03. The van der Waals surface area contributed by atoms with E-state index in [1.165, 1.54) is 4.90 Å². The van der Waals surface area contributed by atoms with Crippen molar-refractivity contribution in [1.82, 2.24) is 10.2 Å². The lowest BCUT2D eigenvalue weighted by Gasteiger charge is -2.32. The first-order valence-corrected chi connectivity index (χ1v) is 13.9. The molecule has 7 nitrogen and oxygen atoms in total. The minimum atomic E-state index is -4.03. The van der Waals surface area contributed by atoms with Crippen molar-refractivity contribution >= 4 is 43.5 Å². The SMILES string of the molecule is CC(C(=O)NC1CCCC1)N(Cc1ccc(Br)cc1)C(=O)CN(c1ccc(F)c(F)c1)S(C)(=O)=O. The van der Waals surface area contributed by atoms with E-state index in [0.717, 1.165) is 60.2 Å². The predicted molar refractivity (Wildman–Crippen MR) is 133 cm³/mol. The van der Waals surface area contributed by atoms with Gasteiger partial charge >= 0.3 is 0 Å². The third-order valence-electron chi connectivity index (χ3n) is 6.01. The van der Waals surface area contributed by atoms with Crippen LogP contribution in [-0.2, 0) is 26.2 Å². The lowest BCUT2D eigenvalue weighted by atomic mass is 10.1. The summed E-state index contributed by atoms with van der Waals surface area (Å²) in [5.74, 6) is -3.36. The van der Waals surface area contributed by atoms with Gasteiger partial charge in [-0.3, -0.25) is 13.9 Å². The van der Waals surface area contributed by atoms with Crippen LogP contribution in [0.15, 0.2) is 46.9 Å². The summed E-state index contributed by atoms with van der Waals surface area (Å²) in [5, 5.41) is 2.97. The summed E-state index contributed by atoms with van der Waals surface area (Å²) >= 11 is 3.36. The number of amides is 2. The van der Waals surface area contributed by atoms with Gasteiger partial charge in [-0.15, -0.1) is 0 Å². The number of rotatable bonds is 9. The number of benzene rings is 2. The van der Waals surface area contributed by atoms with Crippen molar-refractivity contribution in [2.24, 2.45) is 0 Å². The molecule has 1 fully saturated rings. The maximum absolute atomic E-state index is 13.8. The van der Waals surface area contributed by atoms with Crippen molar-refractivity contribution in [3.8, 4) is 0 Å². The first kappa shape index (κ1) is 27.1. The highest BCUT2D eigenvalue weighted by atomic mass is 79.9. The molecule has 1 unspecified atom stereocenters. The fourth-order valence-electron chi connectivity index (χ4n) is 4.01. The monoisotopic (exact) mass is 571 g/mol.